The number of benzene rings is 2. The van der Waals surface area contributed by atoms with Crippen molar-refractivity contribution in [1.82, 2.24) is 0 Å². The number of hydrogen-bond donors (Lipinski definition) is 0. The van der Waals surface area contributed by atoms with Gasteiger partial charge in [0.1, 0.15) is 5.41 Å². The van der Waals surface area contributed by atoms with Gasteiger partial charge in [0.05, 0.1) is 31.7 Å². The number of hydrogen-bond acceptors (Lipinski definition) is 1. The molecular weight excluding hydrogens is 468 g/mol. The summed E-state index contributed by atoms with van der Waals surface area (Å²) in [5.41, 5.74) is 1.77. The van der Waals surface area contributed by atoms with Gasteiger partial charge in [0.25, 0.3) is 0 Å². The number of nitriles is 1. The first-order valence-corrected chi connectivity index (χ1v) is 13.0. The molecule has 2 heterocycles. The molecule has 2 aromatic carbocycles. The smallest absolute Gasteiger partial charge is 0.107 e. The summed E-state index contributed by atoms with van der Waals surface area (Å²) in [6, 6.07) is 25.6. The Morgan fingerprint density at radius 3 is 1.79 bits per heavy atom. The molecule has 2 aromatic rings. The van der Waals surface area contributed by atoms with Crippen molar-refractivity contribution in [3.63, 3.8) is 0 Å². The van der Waals surface area contributed by atoms with E-state index in [0.717, 1.165) is 35.5 Å². The largest absolute Gasteiger partial charge is 1.00 e. The lowest BCUT2D eigenvalue weighted by Gasteiger charge is -2.50. The van der Waals surface area contributed by atoms with Gasteiger partial charge in [-0.25, -0.2) is 0 Å². The van der Waals surface area contributed by atoms with E-state index in [9.17, 15) is 5.26 Å². The quantitative estimate of drug-likeness (QED) is 0.545. The number of fused-ring (bicyclic) bond motifs is 2. The molecule has 0 aromatic heterocycles. The van der Waals surface area contributed by atoms with Gasteiger partial charge in [-0.15, -0.1) is 0 Å². The van der Waals surface area contributed by atoms with Crippen molar-refractivity contribution in [2.45, 2.75) is 81.7 Å². The molecule has 2 nitrogen and oxygen atoms in total. The molecule has 1 saturated carbocycles. The molecule has 2 aliphatic heterocycles. The third-order valence-electron chi connectivity index (χ3n) is 9.41. The van der Waals surface area contributed by atoms with Gasteiger partial charge in [-0.05, 0) is 36.3 Å². The number of rotatable bonds is 6. The van der Waals surface area contributed by atoms with Crippen LogP contribution in [0.2, 0.25) is 0 Å². The molecule has 0 amide bonds. The molecular formula is C30H39BrN2. The van der Waals surface area contributed by atoms with Gasteiger partial charge in [0.2, 0.25) is 0 Å². The molecule has 0 N–H and O–H groups in total. The van der Waals surface area contributed by atoms with E-state index < -0.39 is 5.41 Å². The molecule has 2 bridgehead atoms. The van der Waals surface area contributed by atoms with Crippen molar-refractivity contribution >= 4 is 0 Å². The van der Waals surface area contributed by atoms with E-state index in [1.807, 2.05) is 0 Å². The van der Waals surface area contributed by atoms with Crippen LogP contribution in [0.15, 0.2) is 60.7 Å². The fourth-order valence-electron chi connectivity index (χ4n) is 7.70. The van der Waals surface area contributed by atoms with Crippen molar-refractivity contribution in [1.29, 1.82) is 5.26 Å². The number of nitrogens with zero attached hydrogens (tertiary/aromatic N) is 2. The monoisotopic (exact) mass is 506 g/mol. The van der Waals surface area contributed by atoms with Gasteiger partial charge in [-0.2, -0.15) is 5.26 Å². The first-order chi connectivity index (χ1) is 15.6. The minimum absolute atomic E-state index is 0. The summed E-state index contributed by atoms with van der Waals surface area (Å²) in [4.78, 5) is 0. The van der Waals surface area contributed by atoms with Gasteiger partial charge in [-0.3, -0.25) is 0 Å². The molecule has 3 heteroatoms. The molecule has 3 fully saturated rings. The lowest BCUT2D eigenvalue weighted by atomic mass is 9.67. The molecule has 4 atom stereocenters. The second-order valence-corrected chi connectivity index (χ2v) is 11.2. The molecule has 5 rings (SSSR count). The second kappa shape index (κ2) is 10.3. The fourth-order valence-corrected chi connectivity index (χ4v) is 7.70. The molecule has 176 valence electrons. The predicted octanol–water partition coefficient (Wildman–Crippen LogP) is 3.86. The highest BCUT2D eigenvalue weighted by atomic mass is 79.9. The van der Waals surface area contributed by atoms with Crippen molar-refractivity contribution < 1.29 is 21.5 Å². The summed E-state index contributed by atoms with van der Waals surface area (Å²) >= 11 is 0. The van der Waals surface area contributed by atoms with Crippen LogP contribution in [0.1, 0.15) is 75.3 Å². The predicted molar refractivity (Wildman–Crippen MR) is 131 cm³/mol. The SMILES string of the molecule is C[N+]1(CC2CCCCC2)[C@@H]2CC[C@H]1C[C@@H](CC(C#N)(c1ccccc1)c1ccccc1)C2.[Br-]. The molecule has 2 saturated heterocycles. The van der Waals surface area contributed by atoms with Gasteiger partial charge < -0.3 is 21.5 Å². The zero-order valence-electron chi connectivity index (χ0n) is 20.1. The van der Waals surface area contributed by atoms with Crippen LogP contribution in [0.25, 0.3) is 0 Å². The van der Waals surface area contributed by atoms with Crippen molar-refractivity contribution in [2.24, 2.45) is 11.8 Å². The Morgan fingerprint density at radius 2 is 1.30 bits per heavy atom. The summed E-state index contributed by atoms with van der Waals surface area (Å²) in [5, 5.41) is 10.6. The third kappa shape index (κ3) is 4.67. The van der Waals surface area contributed by atoms with Crippen molar-refractivity contribution in [2.75, 3.05) is 13.6 Å². The molecule has 33 heavy (non-hydrogen) atoms. The van der Waals surface area contributed by atoms with Crippen LogP contribution in [0.3, 0.4) is 0 Å². The Kier molecular flexibility index (Phi) is 7.66. The maximum atomic E-state index is 10.6. The molecule has 1 aliphatic carbocycles. The average molecular weight is 508 g/mol. The standard InChI is InChI=1S/C30H39N2.BrH/c1-32(22-24-11-5-2-6-12-24)28-17-18-29(32)20-25(19-28)21-30(23-31,26-13-7-3-8-14-26)27-15-9-4-10-16-27;/h3-4,7-10,13-16,24-25,28-29H,2,5-6,11-12,17-22H2,1H3;1H/q+1;/p-1/t25-,28+,29-,32?;. The normalized spacial score (nSPS) is 29.8. The van der Waals surface area contributed by atoms with Gasteiger partial charge in [-0.1, -0.05) is 79.9 Å². The zero-order chi connectivity index (χ0) is 22.0. The van der Waals surface area contributed by atoms with E-state index in [1.54, 1.807) is 0 Å². The van der Waals surface area contributed by atoms with Gasteiger partial charge in [0, 0.05) is 31.6 Å². The van der Waals surface area contributed by atoms with Crippen LogP contribution in [0, 0.1) is 23.2 Å². The van der Waals surface area contributed by atoms with Crippen LogP contribution in [-0.4, -0.2) is 30.2 Å². The first kappa shape index (κ1) is 24.5. The van der Waals surface area contributed by atoms with Crippen LogP contribution >= 0.6 is 0 Å². The zero-order valence-corrected chi connectivity index (χ0v) is 21.7. The van der Waals surface area contributed by atoms with E-state index in [-0.39, 0.29) is 17.0 Å². The summed E-state index contributed by atoms with van der Waals surface area (Å²) < 4.78 is 1.33. The van der Waals surface area contributed by atoms with Gasteiger partial charge >= 0.3 is 0 Å². The van der Waals surface area contributed by atoms with Crippen LogP contribution in [-0.2, 0) is 5.41 Å². The molecule has 0 radical (unpaired) electrons. The minimum atomic E-state index is -0.545. The summed E-state index contributed by atoms with van der Waals surface area (Å²) in [6.45, 7) is 1.41. The van der Waals surface area contributed by atoms with Crippen LogP contribution in [0.5, 0.6) is 0 Å². The lowest BCUT2D eigenvalue weighted by Crippen LogP contribution is -3.00. The van der Waals surface area contributed by atoms with Crippen LogP contribution < -0.4 is 17.0 Å². The summed E-state index contributed by atoms with van der Waals surface area (Å²) in [6.07, 6.45) is 13.6. The Bertz CT molecular complexity index is 875. The highest BCUT2D eigenvalue weighted by molar-refractivity contribution is 5.45. The second-order valence-electron chi connectivity index (χ2n) is 11.2. The van der Waals surface area contributed by atoms with E-state index in [4.69, 9.17) is 0 Å². The maximum absolute atomic E-state index is 10.6. The Balaban J connectivity index is 0.00000259. The summed E-state index contributed by atoms with van der Waals surface area (Å²) in [7, 11) is 2.58. The molecule has 1 unspecified atom stereocenters. The highest BCUT2D eigenvalue weighted by Crippen LogP contribution is 2.49. The first-order valence-electron chi connectivity index (χ1n) is 13.0. The van der Waals surface area contributed by atoms with E-state index >= 15 is 0 Å². The van der Waals surface area contributed by atoms with Crippen molar-refractivity contribution in [3.8, 4) is 6.07 Å². The lowest BCUT2D eigenvalue weighted by molar-refractivity contribution is -0.952. The maximum Gasteiger partial charge on any atom is 0.107 e. The highest BCUT2D eigenvalue weighted by Gasteiger charge is 2.53. The summed E-state index contributed by atoms with van der Waals surface area (Å²) in [5.74, 6) is 1.57. The minimum Gasteiger partial charge on any atom is -1.00 e. The van der Waals surface area contributed by atoms with Crippen LogP contribution in [0.4, 0.5) is 0 Å². The fraction of sp³-hybridized carbons (Fsp3) is 0.567. The Labute approximate surface area is 211 Å². The van der Waals surface area contributed by atoms with Crippen molar-refractivity contribution in [3.05, 3.63) is 71.8 Å². The van der Waals surface area contributed by atoms with Gasteiger partial charge in [0.15, 0.2) is 0 Å². The van der Waals surface area contributed by atoms with E-state index in [0.29, 0.717) is 5.92 Å². The number of piperidine rings is 1. The average Bonchev–Trinajstić information content (AvgIpc) is 3.00. The number of quaternary nitrogens is 1. The molecule has 3 aliphatic rings. The Hall–Kier alpha value is -1.63. The Morgan fingerprint density at radius 1 is 0.788 bits per heavy atom. The third-order valence-corrected chi connectivity index (χ3v) is 9.41. The topological polar surface area (TPSA) is 23.8 Å². The number of halogens is 1. The van der Waals surface area contributed by atoms with E-state index in [2.05, 4.69) is 73.8 Å². The van der Waals surface area contributed by atoms with E-state index in [1.165, 1.54) is 68.8 Å². The molecule has 0 spiro atoms.